The molecule has 0 aromatic heterocycles. The highest BCUT2D eigenvalue weighted by molar-refractivity contribution is 6.40. The first kappa shape index (κ1) is 41.0. The van der Waals surface area contributed by atoms with Gasteiger partial charge in [-0.05, 0) is 187 Å². The van der Waals surface area contributed by atoms with Crippen molar-refractivity contribution in [3.05, 3.63) is 267 Å². The highest BCUT2D eigenvalue weighted by Crippen LogP contribution is 2.51. The van der Waals surface area contributed by atoms with Gasteiger partial charge in [0.1, 0.15) is 0 Å². The fraction of sp³-hybridized carbons (Fsp3) is 0. The smallest absolute Gasteiger partial charge is 0.00139 e. The third kappa shape index (κ3) is 5.97. The molecule has 0 aliphatic carbocycles. The van der Waals surface area contributed by atoms with Crippen molar-refractivity contribution in [3.8, 4) is 44.5 Å². The van der Waals surface area contributed by atoms with Gasteiger partial charge in [-0.3, -0.25) is 0 Å². The minimum atomic E-state index is 1.21. The molecular formula is C74H44. The second-order valence-electron chi connectivity index (χ2n) is 20.2. The van der Waals surface area contributed by atoms with E-state index in [1.807, 2.05) is 0 Å². The summed E-state index contributed by atoms with van der Waals surface area (Å²) in [4.78, 5) is 0. The van der Waals surface area contributed by atoms with Crippen LogP contribution in [0.2, 0.25) is 0 Å². The van der Waals surface area contributed by atoms with Gasteiger partial charge in [-0.1, -0.05) is 243 Å². The summed E-state index contributed by atoms with van der Waals surface area (Å²) in [5, 5.41) is 27.8. The van der Waals surface area contributed by atoms with E-state index in [9.17, 15) is 0 Å². The van der Waals surface area contributed by atoms with Crippen molar-refractivity contribution in [2.45, 2.75) is 0 Å². The molecule has 0 heteroatoms. The maximum Gasteiger partial charge on any atom is -0.00139 e. The summed E-state index contributed by atoms with van der Waals surface area (Å²) in [5.74, 6) is 0. The summed E-state index contributed by atoms with van der Waals surface area (Å²) >= 11 is 0. The quantitative estimate of drug-likeness (QED) is 0.154. The predicted octanol–water partition coefficient (Wildman–Crippen LogP) is 21.0. The van der Waals surface area contributed by atoms with Crippen LogP contribution in [0.4, 0.5) is 0 Å². The third-order valence-electron chi connectivity index (χ3n) is 16.3. The Labute approximate surface area is 427 Å². The lowest BCUT2D eigenvalue weighted by molar-refractivity contribution is 1.66. The molecule has 16 rings (SSSR count). The second kappa shape index (κ2) is 15.9. The summed E-state index contributed by atoms with van der Waals surface area (Å²) in [5.41, 5.74) is 9.94. The number of fused-ring (bicyclic) bond motifs is 19. The van der Waals surface area contributed by atoms with Crippen LogP contribution < -0.4 is 0 Å². The molecule has 0 N–H and O–H groups in total. The van der Waals surface area contributed by atoms with Gasteiger partial charge in [0.15, 0.2) is 0 Å². The van der Waals surface area contributed by atoms with Crippen LogP contribution in [0.5, 0.6) is 0 Å². The summed E-state index contributed by atoms with van der Waals surface area (Å²) in [7, 11) is 0. The first-order valence-corrected chi connectivity index (χ1v) is 25.8. The molecule has 0 unspecified atom stereocenters. The molecule has 0 saturated heterocycles. The fourth-order valence-electron chi connectivity index (χ4n) is 13.2. The van der Waals surface area contributed by atoms with Crippen LogP contribution in [0.3, 0.4) is 0 Å². The van der Waals surface area contributed by atoms with Gasteiger partial charge >= 0.3 is 0 Å². The highest BCUT2D eigenvalue weighted by Gasteiger charge is 2.23. The molecular weight excluding hydrogens is 889 g/mol. The molecule has 0 aliphatic heterocycles. The first-order chi connectivity index (χ1) is 36.7. The lowest BCUT2D eigenvalue weighted by Gasteiger charge is -2.21. The standard InChI is InChI=1S/C74H44/c1-3-19-47-41-49(35-33-45(47)17-1)69-59-27-11-5-21-53(59)55-23-7-13-29-61(55)71(69)51-37-39-65-67(43-51)57-25-9-15-31-63(57)74-66-40-38-52(44-68(66)58-26-10-16-32-64(58)73(65)74)72-62-30-14-8-24-56(62)54-22-6-12-28-60(54)70(72)50-36-34-46-18-2-4-20-48(46)42-50/h1-44H. The zero-order valence-corrected chi connectivity index (χ0v) is 40.4. The molecule has 0 fully saturated rings. The van der Waals surface area contributed by atoms with Crippen molar-refractivity contribution in [2.75, 3.05) is 0 Å². The summed E-state index contributed by atoms with van der Waals surface area (Å²) in [6, 6.07) is 100. The van der Waals surface area contributed by atoms with E-state index in [0.29, 0.717) is 0 Å². The number of rotatable bonds is 4. The molecule has 0 aliphatic rings. The van der Waals surface area contributed by atoms with Crippen molar-refractivity contribution in [2.24, 2.45) is 0 Å². The van der Waals surface area contributed by atoms with E-state index in [4.69, 9.17) is 0 Å². The van der Waals surface area contributed by atoms with Gasteiger partial charge in [0.2, 0.25) is 0 Å². The maximum absolute atomic E-state index is 2.50. The zero-order valence-electron chi connectivity index (χ0n) is 40.4. The van der Waals surface area contributed by atoms with E-state index < -0.39 is 0 Å². The van der Waals surface area contributed by atoms with Gasteiger partial charge in [0.05, 0.1) is 0 Å². The van der Waals surface area contributed by atoms with Gasteiger partial charge in [-0.25, -0.2) is 0 Å². The lowest BCUT2D eigenvalue weighted by Crippen LogP contribution is -1.94. The average Bonchev–Trinajstić information content (AvgIpc) is 3.48. The van der Waals surface area contributed by atoms with Crippen LogP contribution in [0, 0.1) is 0 Å². The number of hydrogen-bond acceptors (Lipinski definition) is 0. The van der Waals surface area contributed by atoms with E-state index in [-0.39, 0.29) is 0 Å². The minimum absolute atomic E-state index is 1.21. The lowest BCUT2D eigenvalue weighted by atomic mass is 9.82. The fourth-order valence-corrected chi connectivity index (χ4v) is 13.2. The average molecular weight is 933 g/mol. The third-order valence-corrected chi connectivity index (χ3v) is 16.3. The van der Waals surface area contributed by atoms with Crippen LogP contribution in [-0.2, 0) is 0 Å². The van der Waals surface area contributed by atoms with E-state index in [1.54, 1.807) is 0 Å². The Balaban J connectivity index is 0.990. The first-order valence-electron chi connectivity index (χ1n) is 25.8. The molecule has 0 amide bonds. The molecule has 340 valence electrons. The summed E-state index contributed by atoms with van der Waals surface area (Å²) in [6.45, 7) is 0. The van der Waals surface area contributed by atoms with Crippen molar-refractivity contribution in [1.29, 1.82) is 0 Å². The second-order valence-corrected chi connectivity index (χ2v) is 20.2. The molecule has 0 saturated carbocycles. The normalized spacial score (nSPS) is 12.1. The predicted molar refractivity (Wildman–Crippen MR) is 321 cm³/mol. The van der Waals surface area contributed by atoms with Crippen molar-refractivity contribution in [3.63, 3.8) is 0 Å². The minimum Gasteiger partial charge on any atom is -0.0616 e. The van der Waals surface area contributed by atoms with Gasteiger partial charge in [-0.2, -0.15) is 0 Å². The SMILES string of the molecule is c1ccc2cc(-c3c(-c4ccc5c(c4)c4ccccc4c4c6ccc(-c7c(-c8ccc9ccccc9c8)c8ccccc8c8ccccc78)cc6c6ccccc6c54)c4ccccc4c4ccccc34)ccc2c1. The van der Waals surface area contributed by atoms with Crippen LogP contribution in [-0.4, -0.2) is 0 Å². The highest BCUT2D eigenvalue weighted by atomic mass is 14.3. The van der Waals surface area contributed by atoms with Crippen LogP contribution in [0.25, 0.3) is 163 Å². The molecule has 0 spiro atoms. The summed E-state index contributed by atoms with van der Waals surface area (Å²) in [6.07, 6.45) is 0. The molecule has 74 heavy (non-hydrogen) atoms. The Morgan fingerprint density at radius 1 is 0.135 bits per heavy atom. The Morgan fingerprint density at radius 2 is 0.365 bits per heavy atom. The van der Waals surface area contributed by atoms with Gasteiger partial charge in [-0.15, -0.1) is 0 Å². The maximum atomic E-state index is 2.50. The Kier molecular flexibility index (Phi) is 8.84. The van der Waals surface area contributed by atoms with Crippen molar-refractivity contribution in [1.82, 2.24) is 0 Å². The Morgan fingerprint density at radius 3 is 0.703 bits per heavy atom. The van der Waals surface area contributed by atoms with Gasteiger partial charge in [0.25, 0.3) is 0 Å². The van der Waals surface area contributed by atoms with Crippen molar-refractivity contribution < 1.29 is 0 Å². The van der Waals surface area contributed by atoms with E-state index >= 15 is 0 Å². The van der Waals surface area contributed by atoms with E-state index in [2.05, 4.69) is 267 Å². The molecule has 0 radical (unpaired) electrons. The number of benzene rings is 16. The van der Waals surface area contributed by atoms with Gasteiger partial charge in [0, 0.05) is 0 Å². The molecule has 0 atom stereocenters. The van der Waals surface area contributed by atoms with E-state index in [1.165, 1.54) is 163 Å². The van der Waals surface area contributed by atoms with E-state index in [0.717, 1.165) is 0 Å². The zero-order chi connectivity index (χ0) is 48.4. The van der Waals surface area contributed by atoms with Gasteiger partial charge < -0.3 is 0 Å². The molecule has 16 aromatic rings. The Hall–Kier alpha value is -9.62. The van der Waals surface area contributed by atoms with Crippen LogP contribution >= 0.6 is 0 Å². The monoisotopic (exact) mass is 932 g/mol. The molecule has 16 aromatic carbocycles. The number of hydrogen-bond donors (Lipinski definition) is 0. The van der Waals surface area contributed by atoms with Crippen LogP contribution in [0.15, 0.2) is 267 Å². The van der Waals surface area contributed by atoms with Crippen LogP contribution in [0.1, 0.15) is 0 Å². The molecule has 0 heterocycles. The molecule has 0 bridgehead atoms. The Bertz CT molecular complexity index is 4750. The molecule has 0 nitrogen and oxygen atoms in total. The largest absolute Gasteiger partial charge is 0.0616 e. The summed E-state index contributed by atoms with van der Waals surface area (Å²) < 4.78 is 0. The topological polar surface area (TPSA) is 0 Å². The van der Waals surface area contributed by atoms with Crippen molar-refractivity contribution >= 4 is 118 Å².